The van der Waals surface area contributed by atoms with Crippen molar-refractivity contribution in [2.24, 2.45) is 4.99 Å². The van der Waals surface area contributed by atoms with Crippen molar-refractivity contribution in [3.8, 4) is 0 Å². The molecule has 0 spiro atoms. The molecule has 1 aromatic carbocycles. The van der Waals surface area contributed by atoms with Gasteiger partial charge in [0, 0.05) is 31.7 Å². The van der Waals surface area contributed by atoms with Crippen molar-refractivity contribution < 1.29 is 14.2 Å². The van der Waals surface area contributed by atoms with Gasteiger partial charge in [-0.3, -0.25) is 9.89 Å². The second-order valence-electron chi connectivity index (χ2n) is 8.03. The predicted molar refractivity (Wildman–Crippen MR) is 129 cm³/mol. The maximum Gasteiger partial charge on any atom is 0.191 e. The van der Waals surface area contributed by atoms with E-state index in [-0.39, 0.29) is 35.3 Å². The van der Waals surface area contributed by atoms with E-state index in [2.05, 4.69) is 15.5 Å². The first-order valence-corrected chi connectivity index (χ1v) is 10.9. The van der Waals surface area contributed by atoms with Crippen LogP contribution in [0, 0.1) is 5.82 Å². The summed E-state index contributed by atoms with van der Waals surface area (Å²) in [6, 6.07) is 5.96. The third-order valence-electron chi connectivity index (χ3n) is 6.06. The fraction of sp³-hybridized carbons (Fsp3) is 0.682. The number of hydrogen-bond acceptors (Lipinski definition) is 4. The molecule has 30 heavy (non-hydrogen) atoms. The lowest BCUT2D eigenvalue weighted by atomic mass is 9.80. The Labute approximate surface area is 196 Å². The van der Waals surface area contributed by atoms with Crippen LogP contribution in [0.4, 0.5) is 4.39 Å². The summed E-state index contributed by atoms with van der Waals surface area (Å²) in [5, 5.41) is 16.9. The average Bonchev–Trinajstić information content (AvgIpc) is 2.77. The smallest absolute Gasteiger partial charge is 0.191 e. The zero-order valence-corrected chi connectivity index (χ0v) is 20.2. The number of benzene rings is 1. The Hall–Kier alpha value is -0.970. The number of guanidine groups is 1. The van der Waals surface area contributed by atoms with Crippen LogP contribution in [0.2, 0.25) is 0 Å². The molecule has 8 heteroatoms. The summed E-state index contributed by atoms with van der Waals surface area (Å²) in [5.74, 6) is 0.413. The molecule has 1 unspecified atom stereocenters. The fourth-order valence-corrected chi connectivity index (χ4v) is 4.39. The van der Waals surface area contributed by atoms with Gasteiger partial charge in [0.1, 0.15) is 5.82 Å². The van der Waals surface area contributed by atoms with Crippen molar-refractivity contribution >= 4 is 29.9 Å². The predicted octanol–water partition coefficient (Wildman–Crippen LogP) is 3.07. The normalized spacial score (nSPS) is 20.8. The lowest BCUT2D eigenvalue weighted by Crippen LogP contribution is -2.56. The van der Waals surface area contributed by atoms with Crippen LogP contribution in [0.15, 0.2) is 29.3 Å². The van der Waals surface area contributed by atoms with Crippen molar-refractivity contribution in [2.45, 2.75) is 50.7 Å². The summed E-state index contributed by atoms with van der Waals surface area (Å²) >= 11 is 0. The van der Waals surface area contributed by atoms with Gasteiger partial charge in [-0.15, -0.1) is 24.0 Å². The highest BCUT2D eigenvalue weighted by molar-refractivity contribution is 14.0. The fourth-order valence-electron chi connectivity index (χ4n) is 4.39. The van der Waals surface area contributed by atoms with Crippen LogP contribution >= 0.6 is 24.0 Å². The van der Waals surface area contributed by atoms with E-state index in [1.165, 1.54) is 44.2 Å². The van der Waals surface area contributed by atoms with Crippen LogP contribution in [-0.2, 0) is 4.74 Å². The lowest BCUT2D eigenvalue weighted by Gasteiger charge is -2.47. The molecular formula is C22H36FIN4O2. The van der Waals surface area contributed by atoms with Gasteiger partial charge in [0.25, 0.3) is 0 Å². The van der Waals surface area contributed by atoms with Crippen LogP contribution in [0.5, 0.6) is 0 Å². The number of nitrogens with zero attached hydrogens (tertiary/aromatic N) is 2. The number of hydrogen-bond donors (Lipinski definition) is 3. The number of ether oxygens (including phenoxy) is 1. The quantitative estimate of drug-likeness (QED) is 0.285. The van der Waals surface area contributed by atoms with E-state index in [1.54, 1.807) is 12.1 Å². The molecule has 1 aromatic rings. The highest BCUT2D eigenvalue weighted by Crippen LogP contribution is 2.34. The largest absolute Gasteiger partial charge is 0.387 e. The molecule has 2 aliphatic rings. The van der Waals surface area contributed by atoms with Crippen molar-refractivity contribution in [2.75, 3.05) is 45.9 Å². The number of halogens is 2. The molecule has 1 heterocycles. The van der Waals surface area contributed by atoms with Gasteiger partial charge in [0.2, 0.25) is 0 Å². The molecule has 1 saturated carbocycles. The van der Waals surface area contributed by atoms with Crippen molar-refractivity contribution in [1.82, 2.24) is 15.5 Å². The van der Waals surface area contributed by atoms with Gasteiger partial charge >= 0.3 is 0 Å². The van der Waals surface area contributed by atoms with E-state index >= 15 is 0 Å². The summed E-state index contributed by atoms with van der Waals surface area (Å²) in [7, 11) is 0. The third-order valence-corrected chi connectivity index (χ3v) is 6.06. The van der Waals surface area contributed by atoms with Crippen molar-refractivity contribution in [3.63, 3.8) is 0 Å². The minimum absolute atomic E-state index is 0. The van der Waals surface area contributed by atoms with E-state index in [4.69, 9.17) is 9.73 Å². The summed E-state index contributed by atoms with van der Waals surface area (Å²) in [4.78, 5) is 7.48. The number of aliphatic imine (C=N–C) groups is 1. The Balaban J connectivity index is 0.00000320. The van der Waals surface area contributed by atoms with Gasteiger partial charge in [0.15, 0.2) is 5.96 Å². The van der Waals surface area contributed by atoms with Crippen molar-refractivity contribution in [3.05, 3.63) is 35.6 Å². The van der Waals surface area contributed by atoms with Gasteiger partial charge in [-0.1, -0.05) is 31.4 Å². The van der Waals surface area contributed by atoms with Gasteiger partial charge < -0.3 is 20.5 Å². The molecule has 3 rings (SSSR count). The maximum absolute atomic E-state index is 13.1. The summed E-state index contributed by atoms with van der Waals surface area (Å²) < 4.78 is 18.7. The minimum Gasteiger partial charge on any atom is -0.387 e. The Morgan fingerprint density at radius 2 is 1.83 bits per heavy atom. The first-order chi connectivity index (χ1) is 14.1. The summed E-state index contributed by atoms with van der Waals surface area (Å²) in [5.41, 5.74) is 0.798. The SMILES string of the molecule is CCNC(=NCC1(N2CCOCC2)CCCCC1)NCC(O)c1ccc(F)cc1.I. The van der Waals surface area contributed by atoms with Crippen LogP contribution in [0.3, 0.4) is 0 Å². The molecule has 2 fully saturated rings. The van der Waals surface area contributed by atoms with Gasteiger partial charge in [-0.05, 0) is 37.5 Å². The Kier molecular flexibility index (Phi) is 10.8. The van der Waals surface area contributed by atoms with Gasteiger partial charge in [-0.2, -0.15) is 0 Å². The highest BCUT2D eigenvalue weighted by atomic mass is 127. The molecule has 6 nitrogen and oxygen atoms in total. The molecule has 0 amide bonds. The summed E-state index contributed by atoms with van der Waals surface area (Å²) in [6.45, 7) is 7.40. The number of rotatable bonds is 7. The average molecular weight is 534 g/mol. The van der Waals surface area contributed by atoms with Gasteiger partial charge in [-0.25, -0.2) is 4.39 Å². The monoisotopic (exact) mass is 534 g/mol. The molecule has 1 aliphatic carbocycles. The van der Waals surface area contributed by atoms with Crippen molar-refractivity contribution in [1.29, 1.82) is 0 Å². The molecule has 1 atom stereocenters. The van der Waals surface area contributed by atoms with E-state index < -0.39 is 6.10 Å². The van der Waals surface area contributed by atoms with Crippen LogP contribution in [-0.4, -0.2) is 67.4 Å². The molecule has 0 bridgehead atoms. The third kappa shape index (κ3) is 7.03. The number of aliphatic hydroxyl groups excluding tert-OH is 1. The standard InChI is InChI=1S/C22H35FN4O2.HI/c1-2-24-21(25-16-20(28)18-6-8-19(23)9-7-18)26-17-22(10-4-3-5-11-22)27-12-14-29-15-13-27;/h6-9,20,28H,2-5,10-17H2,1H3,(H2,24,25,26);1H. The second kappa shape index (κ2) is 12.8. The van der Waals surface area contributed by atoms with Crippen LogP contribution in [0.1, 0.15) is 50.7 Å². The minimum atomic E-state index is -0.720. The highest BCUT2D eigenvalue weighted by Gasteiger charge is 2.38. The molecule has 0 radical (unpaired) electrons. The topological polar surface area (TPSA) is 69.1 Å². The number of aliphatic hydroxyl groups is 1. The Morgan fingerprint density at radius 1 is 1.17 bits per heavy atom. The van der Waals surface area contributed by atoms with Gasteiger partial charge in [0.05, 0.1) is 25.9 Å². The molecule has 1 aliphatic heterocycles. The number of morpholine rings is 1. The maximum atomic E-state index is 13.1. The van der Waals surface area contributed by atoms with E-state index in [9.17, 15) is 9.50 Å². The summed E-state index contributed by atoms with van der Waals surface area (Å²) in [6.07, 6.45) is 5.43. The molecular weight excluding hydrogens is 498 g/mol. The zero-order valence-electron chi connectivity index (χ0n) is 17.9. The van der Waals surface area contributed by atoms with Crippen LogP contribution in [0.25, 0.3) is 0 Å². The lowest BCUT2D eigenvalue weighted by molar-refractivity contribution is -0.0333. The van der Waals surface area contributed by atoms with E-state index in [0.717, 1.165) is 39.4 Å². The first-order valence-electron chi connectivity index (χ1n) is 10.9. The van der Waals surface area contributed by atoms with E-state index in [1.807, 2.05) is 6.92 Å². The first kappa shape index (κ1) is 25.3. The molecule has 3 N–H and O–H groups in total. The number of nitrogens with one attached hydrogen (secondary N) is 2. The molecule has 170 valence electrons. The van der Waals surface area contributed by atoms with Crippen LogP contribution < -0.4 is 10.6 Å². The zero-order chi connectivity index (χ0) is 20.5. The Morgan fingerprint density at radius 3 is 2.47 bits per heavy atom. The van der Waals surface area contributed by atoms with E-state index in [0.29, 0.717) is 18.1 Å². The second-order valence-corrected chi connectivity index (χ2v) is 8.03. The molecule has 0 aromatic heterocycles. The Bertz CT molecular complexity index is 647. The molecule has 1 saturated heterocycles.